The second kappa shape index (κ2) is 7.57. The summed E-state index contributed by atoms with van der Waals surface area (Å²) >= 11 is 0. The summed E-state index contributed by atoms with van der Waals surface area (Å²) in [4.78, 5) is 24.3. The molecule has 6 heteroatoms. The number of carbonyl (C=O) groups is 2. The van der Waals surface area contributed by atoms with Gasteiger partial charge in [0.05, 0.1) is 19.4 Å². The van der Waals surface area contributed by atoms with Crippen LogP contribution >= 0.6 is 0 Å². The molecular weight excluding hydrogens is 268 g/mol. The Kier molecular flexibility index (Phi) is 6.09. The van der Waals surface area contributed by atoms with E-state index in [1.165, 1.54) is 24.1 Å². The van der Waals surface area contributed by atoms with Gasteiger partial charge in [0.1, 0.15) is 0 Å². The van der Waals surface area contributed by atoms with E-state index in [0.29, 0.717) is 0 Å². The van der Waals surface area contributed by atoms with Gasteiger partial charge in [-0.05, 0) is 13.0 Å². The molecule has 0 unspecified atom stereocenters. The lowest BCUT2D eigenvalue weighted by molar-refractivity contribution is -0.143. The Morgan fingerprint density at radius 1 is 1.30 bits per heavy atom. The zero-order chi connectivity index (χ0) is 15.1. The molecule has 0 aliphatic heterocycles. The highest BCUT2D eigenvalue weighted by Crippen LogP contribution is 2.12. The number of hydrogen-bond acceptors (Lipinski definition) is 3. The molecule has 0 saturated heterocycles. The zero-order valence-electron chi connectivity index (χ0n) is 11.5. The van der Waals surface area contributed by atoms with Gasteiger partial charge < -0.3 is 9.64 Å². The number of amides is 1. The molecule has 0 saturated carbocycles. The molecule has 20 heavy (non-hydrogen) atoms. The van der Waals surface area contributed by atoms with Crippen molar-refractivity contribution >= 4 is 11.9 Å². The number of esters is 1. The highest BCUT2D eigenvalue weighted by atomic mass is 19.2. The van der Waals surface area contributed by atoms with Crippen molar-refractivity contribution in [3.05, 3.63) is 35.4 Å². The molecule has 110 valence electrons. The monoisotopic (exact) mass is 285 g/mol. The van der Waals surface area contributed by atoms with Crippen molar-refractivity contribution in [1.82, 2.24) is 4.90 Å². The number of halogens is 2. The van der Waals surface area contributed by atoms with E-state index in [1.54, 1.807) is 6.92 Å². The lowest BCUT2D eigenvalue weighted by Crippen LogP contribution is -2.31. The Balaban J connectivity index is 2.53. The lowest BCUT2D eigenvalue weighted by atomic mass is 10.1. The zero-order valence-corrected chi connectivity index (χ0v) is 11.5. The first kappa shape index (κ1) is 16.1. The number of likely N-dealkylation sites (N-methyl/N-ethyl adjacent to an activating group) is 1. The third-order valence-electron chi connectivity index (χ3n) is 2.76. The van der Waals surface area contributed by atoms with Gasteiger partial charge in [0.15, 0.2) is 11.6 Å². The maximum absolute atomic E-state index is 13.4. The standard InChI is InChI=1S/C14H17F2NO3/c1-3-20-13(19)7-8-17(2)12(18)9-10-5-4-6-11(15)14(10)16/h4-6H,3,7-9H2,1-2H3. The van der Waals surface area contributed by atoms with Crippen molar-refractivity contribution in [3.63, 3.8) is 0 Å². The Morgan fingerprint density at radius 2 is 2.00 bits per heavy atom. The molecule has 1 amide bonds. The molecule has 0 aromatic heterocycles. The summed E-state index contributed by atoms with van der Waals surface area (Å²) in [7, 11) is 1.50. The fraction of sp³-hybridized carbons (Fsp3) is 0.429. The van der Waals surface area contributed by atoms with Crippen LogP contribution < -0.4 is 0 Å². The van der Waals surface area contributed by atoms with Gasteiger partial charge in [-0.1, -0.05) is 12.1 Å². The Morgan fingerprint density at radius 3 is 2.65 bits per heavy atom. The molecule has 1 aromatic carbocycles. The van der Waals surface area contributed by atoms with Gasteiger partial charge in [-0.25, -0.2) is 8.78 Å². The minimum absolute atomic E-state index is 0.00187. The third-order valence-corrected chi connectivity index (χ3v) is 2.76. The molecule has 0 atom stereocenters. The summed E-state index contributed by atoms with van der Waals surface area (Å²) in [5, 5.41) is 0. The fourth-order valence-corrected chi connectivity index (χ4v) is 1.60. The Bertz CT molecular complexity index is 491. The topological polar surface area (TPSA) is 46.6 Å². The van der Waals surface area contributed by atoms with Crippen LogP contribution in [-0.4, -0.2) is 37.0 Å². The van der Waals surface area contributed by atoms with Crippen molar-refractivity contribution in [3.8, 4) is 0 Å². The van der Waals surface area contributed by atoms with Crippen LogP contribution in [0.3, 0.4) is 0 Å². The SMILES string of the molecule is CCOC(=O)CCN(C)C(=O)Cc1cccc(F)c1F. The van der Waals surface area contributed by atoms with Gasteiger partial charge in [0.25, 0.3) is 0 Å². The largest absolute Gasteiger partial charge is 0.466 e. The van der Waals surface area contributed by atoms with E-state index in [1.807, 2.05) is 0 Å². The maximum atomic E-state index is 13.4. The van der Waals surface area contributed by atoms with Gasteiger partial charge in [0, 0.05) is 19.2 Å². The molecule has 0 spiro atoms. The number of carbonyl (C=O) groups excluding carboxylic acids is 2. The molecule has 0 fully saturated rings. The van der Waals surface area contributed by atoms with Crippen molar-refractivity contribution in [2.45, 2.75) is 19.8 Å². The smallest absolute Gasteiger partial charge is 0.307 e. The van der Waals surface area contributed by atoms with Gasteiger partial charge in [-0.2, -0.15) is 0 Å². The van der Waals surface area contributed by atoms with Crippen LogP contribution in [0.2, 0.25) is 0 Å². The first-order valence-electron chi connectivity index (χ1n) is 6.28. The fourth-order valence-electron chi connectivity index (χ4n) is 1.60. The second-order valence-corrected chi connectivity index (χ2v) is 4.26. The minimum atomic E-state index is -1.01. The molecular formula is C14H17F2NO3. The van der Waals surface area contributed by atoms with E-state index >= 15 is 0 Å². The molecule has 0 bridgehead atoms. The normalized spacial score (nSPS) is 10.2. The average Bonchev–Trinajstić information content (AvgIpc) is 2.41. The summed E-state index contributed by atoms with van der Waals surface area (Å²) in [5.41, 5.74) is -0.00187. The molecule has 0 heterocycles. The summed E-state index contributed by atoms with van der Waals surface area (Å²) in [6, 6.07) is 3.70. The van der Waals surface area contributed by atoms with Gasteiger partial charge in [-0.15, -0.1) is 0 Å². The molecule has 4 nitrogen and oxygen atoms in total. The summed E-state index contributed by atoms with van der Waals surface area (Å²) in [6.07, 6.45) is -0.176. The predicted molar refractivity (Wildman–Crippen MR) is 68.9 cm³/mol. The number of nitrogens with zero attached hydrogens (tertiary/aromatic N) is 1. The maximum Gasteiger partial charge on any atom is 0.307 e. The van der Waals surface area contributed by atoms with Gasteiger partial charge in [0.2, 0.25) is 5.91 Å². The van der Waals surface area contributed by atoms with E-state index in [2.05, 4.69) is 0 Å². The predicted octanol–water partition coefficient (Wildman–Crippen LogP) is 1.92. The van der Waals surface area contributed by atoms with E-state index in [4.69, 9.17) is 4.74 Å². The van der Waals surface area contributed by atoms with Crippen LogP contribution in [0.4, 0.5) is 8.78 Å². The number of benzene rings is 1. The van der Waals surface area contributed by atoms with Crippen LogP contribution in [0.5, 0.6) is 0 Å². The Hall–Kier alpha value is -1.98. The number of rotatable bonds is 6. The van der Waals surface area contributed by atoms with Crippen molar-refractivity contribution in [2.75, 3.05) is 20.2 Å². The highest BCUT2D eigenvalue weighted by Gasteiger charge is 2.15. The molecule has 0 N–H and O–H groups in total. The number of ether oxygens (including phenoxy) is 1. The van der Waals surface area contributed by atoms with Crippen molar-refractivity contribution in [1.29, 1.82) is 0 Å². The van der Waals surface area contributed by atoms with E-state index in [-0.39, 0.29) is 31.6 Å². The first-order chi connectivity index (χ1) is 9.45. The van der Waals surface area contributed by atoms with E-state index in [9.17, 15) is 18.4 Å². The minimum Gasteiger partial charge on any atom is -0.466 e. The Labute approximate surface area is 116 Å². The van der Waals surface area contributed by atoms with Crippen LogP contribution in [0.25, 0.3) is 0 Å². The summed E-state index contributed by atoms with van der Waals surface area (Å²) in [6.45, 7) is 2.15. The molecule has 1 aromatic rings. The van der Waals surface area contributed by atoms with E-state index in [0.717, 1.165) is 6.07 Å². The third kappa shape index (κ3) is 4.60. The van der Waals surface area contributed by atoms with Crippen LogP contribution in [0, 0.1) is 11.6 Å². The average molecular weight is 285 g/mol. The number of hydrogen-bond donors (Lipinski definition) is 0. The summed E-state index contributed by atoms with van der Waals surface area (Å²) in [5.74, 6) is -2.79. The molecule has 0 aliphatic carbocycles. The van der Waals surface area contributed by atoms with Crippen molar-refractivity contribution < 1.29 is 23.1 Å². The molecule has 0 radical (unpaired) electrons. The van der Waals surface area contributed by atoms with E-state index < -0.39 is 23.5 Å². The lowest BCUT2D eigenvalue weighted by Gasteiger charge is -2.16. The highest BCUT2D eigenvalue weighted by molar-refractivity contribution is 5.79. The van der Waals surface area contributed by atoms with Crippen LogP contribution in [0.1, 0.15) is 18.9 Å². The molecule has 0 aliphatic rings. The van der Waals surface area contributed by atoms with Crippen LogP contribution in [-0.2, 0) is 20.7 Å². The van der Waals surface area contributed by atoms with Gasteiger partial charge in [-0.3, -0.25) is 9.59 Å². The second-order valence-electron chi connectivity index (χ2n) is 4.26. The van der Waals surface area contributed by atoms with Crippen molar-refractivity contribution in [2.24, 2.45) is 0 Å². The van der Waals surface area contributed by atoms with Gasteiger partial charge >= 0.3 is 5.97 Å². The summed E-state index contributed by atoms with van der Waals surface area (Å²) < 4.78 is 31.2. The first-order valence-corrected chi connectivity index (χ1v) is 6.28. The molecule has 1 rings (SSSR count). The van der Waals surface area contributed by atoms with Crippen LogP contribution in [0.15, 0.2) is 18.2 Å². The quantitative estimate of drug-likeness (QED) is 0.750.